The van der Waals surface area contributed by atoms with Crippen LogP contribution in [-0.4, -0.2) is 29.3 Å². The Morgan fingerprint density at radius 3 is 1.90 bits per heavy atom. The second-order valence-electron chi connectivity index (χ2n) is 10.1. The Morgan fingerprint density at radius 2 is 1.27 bits per heavy atom. The monoisotopic (exact) mass is 548 g/mol. The number of fused-ring (bicyclic) bond motifs is 2. The summed E-state index contributed by atoms with van der Waals surface area (Å²) in [4.78, 5) is 2.29. The maximum atomic E-state index is 4.69. The van der Waals surface area contributed by atoms with Crippen molar-refractivity contribution in [2.24, 2.45) is 20.5 Å². The molecule has 9 heteroatoms. The van der Waals surface area contributed by atoms with Gasteiger partial charge in [-0.25, -0.2) is 0 Å². The van der Waals surface area contributed by atoms with Gasteiger partial charge in [-0.3, -0.25) is 0 Å². The minimum atomic E-state index is 0.390. The fourth-order valence-corrected chi connectivity index (χ4v) is 5.69. The van der Waals surface area contributed by atoms with Crippen molar-refractivity contribution < 1.29 is 0 Å². The van der Waals surface area contributed by atoms with E-state index in [1.807, 2.05) is 48.5 Å². The third-order valence-electron chi connectivity index (χ3n) is 7.33. The summed E-state index contributed by atoms with van der Waals surface area (Å²) in [5.74, 6) is 0. The van der Waals surface area contributed by atoms with Crippen LogP contribution in [0.3, 0.4) is 0 Å². The van der Waals surface area contributed by atoms with E-state index >= 15 is 0 Å². The van der Waals surface area contributed by atoms with Gasteiger partial charge in [-0.15, -0.1) is 30.7 Å². The molecule has 1 atom stereocenters. The average molecular weight is 549 g/mol. The molecule has 1 saturated heterocycles. The van der Waals surface area contributed by atoms with E-state index in [4.69, 9.17) is 0 Å². The van der Waals surface area contributed by atoms with Gasteiger partial charge in [0, 0.05) is 46.4 Å². The van der Waals surface area contributed by atoms with E-state index in [9.17, 15) is 0 Å². The number of aromatic nitrogens is 2. The lowest BCUT2D eigenvalue weighted by atomic mass is 10.1. The van der Waals surface area contributed by atoms with E-state index in [0.717, 1.165) is 68.9 Å². The molecule has 1 aliphatic heterocycles. The summed E-state index contributed by atoms with van der Waals surface area (Å²) in [7, 11) is 0. The Kier molecular flexibility index (Phi) is 7.72. The Bertz CT molecular complexity index is 1690. The van der Waals surface area contributed by atoms with Crippen molar-refractivity contribution in [3.8, 4) is 0 Å². The maximum absolute atomic E-state index is 4.69. The third-order valence-corrected chi connectivity index (χ3v) is 8.20. The van der Waals surface area contributed by atoms with Gasteiger partial charge in [0.15, 0.2) is 0 Å². The Morgan fingerprint density at radius 1 is 0.725 bits per heavy atom. The van der Waals surface area contributed by atoms with E-state index in [0.29, 0.717) is 11.2 Å². The molecule has 2 heterocycles. The van der Waals surface area contributed by atoms with Gasteiger partial charge in [0.2, 0.25) is 5.13 Å². The molecule has 0 radical (unpaired) electrons. The first-order valence-electron chi connectivity index (χ1n) is 13.9. The molecule has 0 spiro atoms. The Balaban J connectivity index is 1.28. The summed E-state index contributed by atoms with van der Waals surface area (Å²) in [6.07, 6.45) is 4.73. The summed E-state index contributed by atoms with van der Waals surface area (Å²) >= 11 is 1.48. The molecule has 40 heavy (non-hydrogen) atoms. The molecule has 1 N–H and O–H groups in total. The van der Waals surface area contributed by atoms with Crippen LogP contribution < -0.4 is 10.2 Å². The van der Waals surface area contributed by atoms with E-state index in [-0.39, 0.29) is 0 Å². The van der Waals surface area contributed by atoms with E-state index in [1.165, 1.54) is 30.6 Å². The zero-order valence-corrected chi connectivity index (χ0v) is 23.6. The Labute approximate surface area is 237 Å². The maximum Gasteiger partial charge on any atom is 0.253 e. The van der Waals surface area contributed by atoms with Crippen molar-refractivity contribution in [1.29, 1.82) is 0 Å². The van der Waals surface area contributed by atoms with Crippen LogP contribution in [0.4, 0.5) is 33.0 Å². The van der Waals surface area contributed by atoms with Gasteiger partial charge in [0.05, 0.1) is 17.1 Å². The first-order valence-corrected chi connectivity index (χ1v) is 14.7. The number of rotatable bonds is 8. The van der Waals surface area contributed by atoms with E-state index in [1.54, 1.807) is 0 Å². The second kappa shape index (κ2) is 11.9. The van der Waals surface area contributed by atoms with Crippen LogP contribution in [-0.2, 0) is 0 Å². The van der Waals surface area contributed by atoms with Crippen molar-refractivity contribution in [2.75, 3.05) is 23.3 Å². The molecule has 1 aromatic heterocycles. The molecule has 202 valence electrons. The van der Waals surface area contributed by atoms with Crippen molar-refractivity contribution in [3.63, 3.8) is 0 Å². The summed E-state index contributed by atoms with van der Waals surface area (Å²) < 4.78 is 0. The van der Waals surface area contributed by atoms with Crippen LogP contribution >= 0.6 is 11.3 Å². The number of nitrogens with one attached hydrogen (secondary N) is 1. The molecule has 4 aromatic carbocycles. The lowest BCUT2D eigenvalue weighted by Crippen LogP contribution is -2.29. The number of azo groups is 2. The lowest BCUT2D eigenvalue weighted by Gasteiger charge is -2.25. The quantitative estimate of drug-likeness (QED) is 0.195. The molecule has 0 amide bonds. The minimum absolute atomic E-state index is 0.390. The molecule has 0 bridgehead atoms. The van der Waals surface area contributed by atoms with Crippen LogP contribution in [0.5, 0.6) is 0 Å². The summed E-state index contributed by atoms with van der Waals surface area (Å²) in [6.45, 7) is 6.43. The number of anilines is 2. The number of piperidine rings is 1. The van der Waals surface area contributed by atoms with Gasteiger partial charge >= 0.3 is 0 Å². The first-order chi connectivity index (χ1) is 19.7. The van der Waals surface area contributed by atoms with Gasteiger partial charge in [-0.2, -0.15) is 0 Å². The number of benzene rings is 4. The van der Waals surface area contributed by atoms with Gasteiger partial charge in [0.25, 0.3) is 5.13 Å². The second-order valence-corrected chi connectivity index (χ2v) is 11.0. The van der Waals surface area contributed by atoms with Crippen molar-refractivity contribution in [2.45, 2.75) is 45.6 Å². The molecule has 1 unspecified atom stereocenters. The zero-order chi connectivity index (χ0) is 27.3. The molecular weight excluding hydrogens is 516 g/mol. The normalized spacial score (nSPS) is 15.0. The molecule has 1 fully saturated rings. The molecule has 5 aromatic rings. The number of nitrogens with zero attached hydrogens (tertiary/aromatic N) is 7. The summed E-state index contributed by atoms with van der Waals surface area (Å²) in [6, 6.07) is 24.8. The van der Waals surface area contributed by atoms with Gasteiger partial charge in [-0.1, -0.05) is 66.8 Å². The van der Waals surface area contributed by atoms with Crippen LogP contribution in [0.1, 0.15) is 39.5 Å². The van der Waals surface area contributed by atoms with Crippen LogP contribution in [0, 0.1) is 0 Å². The van der Waals surface area contributed by atoms with Crippen LogP contribution in [0.15, 0.2) is 93.3 Å². The molecule has 0 aliphatic carbocycles. The SMILES string of the molecule is CCC(C)Nc1ccc(N=Nc2ccc(N=Nc3nnc(N4CCCCC4)s3)c3ccccc23)c2ccccc12. The van der Waals surface area contributed by atoms with Crippen LogP contribution in [0.25, 0.3) is 21.5 Å². The predicted molar refractivity (Wildman–Crippen MR) is 166 cm³/mol. The summed E-state index contributed by atoms with van der Waals surface area (Å²) in [5, 5.41) is 36.1. The Hall–Kier alpha value is -4.24. The van der Waals surface area contributed by atoms with E-state index < -0.39 is 0 Å². The van der Waals surface area contributed by atoms with Crippen LogP contribution in [0.2, 0.25) is 0 Å². The standard InChI is InChI=1S/C31H32N8S/c1-3-21(2)32-26-15-16-27(23-12-6-5-11-22(23)26)33-34-28-17-18-29(25-14-8-7-13-24(25)28)35-36-30-37-38-31(40-30)39-19-9-4-10-20-39/h5-8,11-18,21,32H,3-4,9-10,19-20H2,1-2H3. The molecule has 0 saturated carbocycles. The average Bonchev–Trinajstić information content (AvgIpc) is 3.49. The topological polar surface area (TPSA) is 90.5 Å². The number of hydrogen-bond acceptors (Lipinski definition) is 9. The molecule has 6 rings (SSSR count). The number of hydrogen-bond donors (Lipinski definition) is 1. The highest BCUT2D eigenvalue weighted by Crippen LogP contribution is 2.38. The third kappa shape index (κ3) is 5.56. The van der Waals surface area contributed by atoms with E-state index in [2.05, 4.69) is 79.0 Å². The van der Waals surface area contributed by atoms with Crippen molar-refractivity contribution >= 4 is 65.9 Å². The zero-order valence-electron chi connectivity index (χ0n) is 22.8. The fourth-order valence-electron chi connectivity index (χ4n) is 4.97. The van der Waals surface area contributed by atoms with Gasteiger partial charge in [-0.05, 0) is 56.9 Å². The summed E-state index contributed by atoms with van der Waals surface area (Å²) in [5.41, 5.74) is 3.49. The molecular formula is C31H32N8S. The van der Waals surface area contributed by atoms with Crippen molar-refractivity contribution in [3.05, 3.63) is 72.8 Å². The molecule has 8 nitrogen and oxygen atoms in total. The smallest absolute Gasteiger partial charge is 0.253 e. The van der Waals surface area contributed by atoms with Gasteiger partial charge < -0.3 is 10.2 Å². The van der Waals surface area contributed by atoms with Crippen molar-refractivity contribution in [1.82, 2.24) is 10.2 Å². The predicted octanol–water partition coefficient (Wildman–Crippen LogP) is 9.88. The minimum Gasteiger partial charge on any atom is -0.382 e. The van der Waals surface area contributed by atoms with Gasteiger partial charge in [0.1, 0.15) is 0 Å². The largest absolute Gasteiger partial charge is 0.382 e. The highest BCUT2D eigenvalue weighted by atomic mass is 32.1. The lowest BCUT2D eigenvalue weighted by molar-refractivity contribution is 0.575. The fraction of sp³-hybridized carbons (Fsp3) is 0.290. The first kappa shape index (κ1) is 26.0. The highest BCUT2D eigenvalue weighted by Gasteiger charge is 2.15. The highest BCUT2D eigenvalue weighted by molar-refractivity contribution is 7.18. The molecule has 1 aliphatic rings.